The van der Waals surface area contributed by atoms with E-state index in [0.717, 1.165) is 24.4 Å². The first-order valence-electron chi connectivity index (χ1n) is 6.27. The third-order valence-corrected chi connectivity index (χ3v) is 3.80. The average molecular weight is 253 g/mol. The highest BCUT2D eigenvalue weighted by molar-refractivity contribution is 7.80. The van der Waals surface area contributed by atoms with Crippen molar-refractivity contribution in [3.05, 3.63) is 65.7 Å². The molecule has 0 N–H and O–H groups in total. The monoisotopic (exact) mass is 253 g/mol. The van der Waals surface area contributed by atoms with Gasteiger partial charge in [-0.05, 0) is 23.6 Å². The van der Waals surface area contributed by atoms with Crippen LogP contribution in [0.2, 0.25) is 0 Å². The van der Waals surface area contributed by atoms with Crippen LogP contribution in [0, 0.1) is 0 Å². The van der Waals surface area contributed by atoms with Crippen molar-refractivity contribution in [3.8, 4) is 0 Å². The Bertz CT molecular complexity index is 562. The maximum absolute atomic E-state index is 5.53. The third-order valence-electron chi connectivity index (χ3n) is 3.38. The standard InChI is InChI=1S/C16H15NS/c18-16-11-10-14-8-4-5-9-15(14)17(16)12-13-6-2-1-3-7-13/h1-9H,10-12H2. The number of hydrogen-bond acceptors (Lipinski definition) is 1. The lowest BCUT2D eigenvalue weighted by Crippen LogP contribution is -2.33. The number of hydrogen-bond donors (Lipinski definition) is 0. The first-order valence-corrected chi connectivity index (χ1v) is 6.67. The lowest BCUT2D eigenvalue weighted by atomic mass is 10.0. The van der Waals surface area contributed by atoms with Gasteiger partial charge in [-0.2, -0.15) is 0 Å². The summed E-state index contributed by atoms with van der Waals surface area (Å²) >= 11 is 5.53. The number of rotatable bonds is 2. The molecule has 0 spiro atoms. The Hall–Kier alpha value is -1.67. The average Bonchev–Trinajstić information content (AvgIpc) is 2.43. The van der Waals surface area contributed by atoms with Crippen LogP contribution in [0.4, 0.5) is 5.69 Å². The Morgan fingerprint density at radius 3 is 2.44 bits per heavy atom. The van der Waals surface area contributed by atoms with Gasteiger partial charge in [0.2, 0.25) is 0 Å². The molecule has 3 rings (SSSR count). The Kier molecular flexibility index (Phi) is 3.11. The predicted octanol–water partition coefficient (Wildman–Crippen LogP) is 3.97. The predicted molar refractivity (Wildman–Crippen MR) is 80.0 cm³/mol. The van der Waals surface area contributed by atoms with E-state index in [-0.39, 0.29) is 0 Å². The molecule has 0 fully saturated rings. The molecule has 2 aromatic rings. The molecule has 2 aromatic carbocycles. The fraction of sp³-hybridized carbons (Fsp3) is 0.188. The maximum atomic E-state index is 5.53. The number of aryl methyl sites for hydroxylation is 1. The Morgan fingerprint density at radius 2 is 1.61 bits per heavy atom. The molecular weight excluding hydrogens is 238 g/mol. The first kappa shape index (κ1) is 11.4. The van der Waals surface area contributed by atoms with Gasteiger partial charge in [-0.25, -0.2) is 0 Å². The minimum atomic E-state index is 0.872. The molecule has 1 heterocycles. The molecule has 18 heavy (non-hydrogen) atoms. The molecule has 0 saturated heterocycles. The van der Waals surface area contributed by atoms with Gasteiger partial charge in [0.05, 0.1) is 4.99 Å². The summed E-state index contributed by atoms with van der Waals surface area (Å²) in [6.45, 7) is 0.872. The highest BCUT2D eigenvalue weighted by Gasteiger charge is 2.20. The summed E-state index contributed by atoms with van der Waals surface area (Å²) in [5.74, 6) is 0. The summed E-state index contributed by atoms with van der Waals surface area (Å²) in [5, 5.41) is 0. The smallest absolute Gasteiger partial charge is 0.0830 e. The zero-order valence-corrected chi connectivity index (χ0v) is 11.0. The van der Waals surface area contributed by atoms with Crippen molar-refractivity contribution in [3.63, 3.8) is 0 Å². The lowest BCUT2D eigenvalue weighted by molar-refractivity contribution is 0.905. The molecule has 0 aliphatic carbocycles. The van der Waals surface area contributed by atoms with Crippen molar-refractivity contribution >= 4 is 22.9 Å². The van der Waals surface area contributed by atoms with Crippen LogP contribution in [-0.4, -0.2) is 4.99 Å². The first-order chi connectivity index (χ1) is 8.84. The van der Waals surface area contributed by atoms with Crippen LogP contribution < -0.4 is 4.90 Å². The highest BCUT2D eigenvalue weighted by atomic mass is 32.1. The third kappa shape index (κ3) is 2.16. The van der Waals surface area contributed by atoms with Crippen molar-refractivity contribution in [2.24, 2.45) is 0 Å². The van der Waals surface area contributed by atoms with Crippen LogP contribution in [0.1, 0.15) is 17.5 Å². The van der Waals surface area contributed by atoms with E-state index in [2.05, 4.69) is 53.4 Å². The number of benzene rings is 2. The molecule has 1 aliphatic rings. The van der Waals surface area contributed by atoms with Gasteiger partial charge in [-0.15, -0.1) is 0 Å². The zero-order chi connectivity index (χ0) is 12.4. The van der Waals surface area contributed by atoms with Crippen LogP contribution in [-0.2, 0) is 13.0 Å². The molecule has 0 saturated carbocycles. The van der Waals surface area contributed by atoms with Gasteiger partial charge in [0, 0.05) is 18.7 Å². The molecule has 90 valence electrons. The Morgan fingerprint density at radius 1 is 0.889 bits per heavy atom. The number of para-hydroxylation sites is 1. The molecule has 2 heteroatoms. The van der Waals surface area contributed by atoms with E-state index in [9.17, 15) is 0 Å². The van der Waals surface area contributed by atoms with E-state index in [1.807, 2.05) is 6.07 Å². The number of fused-ring (bicyclic) bond motifs is 1. The van der Waals surface area contributed by atoms with Crippen LogP contribution in [0.3, 0.4) is 0 Å². The van der Waals surface area contributed by atoms with Gasteiger partial charge < -0.3 is 4.90 Å². The fourth-order valence-corrected chi connectivity index (χ4v) is 2.70. The maximum Gasteiger partial charge on any atom is 0.0830 e. The summed E-state index contributed by atoms with van der Waals surface area (Å²) in [5.41, 5.74) is 3.98. The quantitative estimate of drug-likeness (QED) is 0.745. The SMILES string of the molecule is S=C1CCc2ccccc2N1Cc1ccccc1. The van der Waals surface area contributed by atoms with Gasteiger partial charge in [-0.3, -0.25) is 0 Å². The summed E-state index contributed by atoms with van der Waals surface area (Å²) in [7, 11) is 0. The van der Waals surface area contributed by atoms with Crippen molar-refractivity contribution in [1.29, 1.82) is 0 Å². The largest absolute Gasteiger partial charge is 0.331 e. The van der Waals surface area contributed by atoms with E-state index < -0.39 is 0 Å². The second kappa shape index (κ2) is 4.91. The highest BCUT2D eigenvalue weighted by Crippen LogP contribution is 2.29. The van der Waals surface area contributed by atoms with Crippen LogP contribution in [0.25, 0.3) is 0 Å². The minimum Gasteiger partial charge on any atom is -0.331 e. The molecule has 1 nitrogen and oxygen atoms in total. The van der Waals surface area contributed by atoms with E-state index in [1.54, 1.807) is 0 Å². The molecule has 0 amide bonds. The van der Waals surface area contributed by atoms with Crippen molar-refractivity contribution in [2.75, 3.05) is 4.90 Å². The van der Waals surface area contributed by atoms with Gasteiger partial charge in [0.25, 0.3) is 0 Å². The lowest BCUT2D eigenvalue weighted by Gasteiger charge is -2.31. The normalized spacial score (nSPS) is 14.4. The van der Waals surface area contributed by atoms with E-state index in [0.29, 0.717) is 0 Å². The van der Waals surface area contributed by atoms with Crippen LogP contribution >= 0.6 is 12.2 Å². The topological polar surface area (TPSA) is 3.24 Å². The summed E-state index contributed by atoms with van der Waals surface area (Å²) < 4.78 is 0. The van der Waals surface area contributed by atoms with Crippen molar-refractivity contribution in [1.82, 2.24) is 0 Å². The van der Waals surface area contributed by atoms with Gasteiger partial charge in [0.1, 0.15) is 0 Å². The summed E-state index contributed by atoms with van der Waals surface area (Å²) in [6.07, 6.45) is 2.06. The minimum absolute atomic E-state index is 0.872. The Labute approximate surface area is 113 Å². The molecule has 1 aliphatic heterocycles. The fourth-order valence-electron chi connectivity index (χ4n) is 2.44. The van der Waals surface area contributed by atoms with Gasteiger partial charge in [-0.1, -0.05) is 60.7 Å². The van der Waals surface area contributed by atoms with Crippen molar-refractivity contribution < 1.29 is 0 Å². The number of thiocarbonyl (C=S) groups is 1. The molecule has 0 radical (unpaired) electrons. The van der Waals surface area contributed by atoms with Crippen LogP contribution in [0.15, 0.2) is 54.6 Å². The van der Waals surface area contributed by atoms with Gasteiger partial charge >= 0.3 is 0 Å². The molecule has 0 unspecified atom stereocenters. The number of nitrogens with zero attached hydrogens (tertiary/aromatic N) is 1. The summed E-state index contributed by atoms with van der Waals surface area (Å²) in [4.78, 5) is 3.32. The zero-order valence-electron chi connectivity index (χ0n) is 10.2. The number of anilines is 1. The second-order valence-electron chi connectivity index (χ2n) is 4.59. The summed E-state index contributed by atoms with van der Waals surface area (Å²) in [6, 6.07) is 19.1. The van der Waals surface area contributed by atoms with E-state index in [4.69, 9.17) is 12.2 Å². The van der Waals surface area contributed by atoms with Crippen LogP contribution in [0.5, 0.6) is 0 Å². The van der Waals surface area contributed by atoms with Crippen molar-refractivity contribution in [2.45, 2.75) is 19.4 Å². The van der Waals surface area contributed by atoms with E-state index >= 15 is 0 Å². The van der Waals surface area contributed by atoms with E-state index in [1.165, 1.54) is 16.8 Å². The second-order valence-corrected chi connectivity index (χ2v) is 5.07. The molecular formula is C16H15NS. The molecule has 0 bridgehead atoms. The Balaban J connectivity index is 1.94. The molecule has 0 atom stereocenters. The van der Waals surface area contributed by atoms with Gasteiger partial charge in [0.15, 0.2) is 0 Å². The molecule has 0 aromatic heterocycles.